The molecule has 48 heavy (non-hydrogen) atoms. The molecule has 0 bridgehead atoms. The molecule has 1 aliphatic rings. The van der Waals surface area contributed by atoms with Gasteiger partial charge in [0, 0.05) is 32.6 Å². The monoisotopic (exact) mass is 718 g/mol. The number of aromatic nitrogens is 3. The molecule has 5 rings (SSSR count). The van der Waals surface area contributed by atoms with Gasteiger partial charge in [-0.15, -0.1) is 26.3 Å². The Morgan fingerprint density at radius 1 is 0.938 bits per heavy atom. The second-order valence-electron chi connectivity index (χ2n) is 10.2. The average Bonchev–Trinajstić information content (AvgIpc) is 3.46. The molecular weight excluding hydrogens is 694 g/mol. The number of anilines is 1. The van der Waals surface area contributed by atoms with Crippen LogP contribution in [0.15, 0.2) is 59.6 Å². The van der Waals surface area contributed by atoms with Gasteiger partial charge >= 0.3 is 12.7 Å². The van der Waals surface area contributed by atoms with Gasteiger partial charge in [0.1, 0.15) is 17.5 Å². The summed E-state index contributed by atoms with van der Waals surface area (Å²) in [6.45, 7) is 1.05. The van der Waals surface area contributed by atoms with E-state index in [-0.39, 0.29) is 49.9 Å². The van der Waals surface area contributed by atoms with Crippen molar-refractivity contribution in [2.75, 3.05) is 24.5 Å². The quantitative estimate of drug-likeness (QED) is 0.182. The molecule has 2 aromatic heterocycles. The van der Waals surface area contributed by atoms with Crippen LogP contribution < -0.4 is 19.7 Å². The van der Waals surface area contributed by atoms with E-state index in [1.165, 1.54) is 18.3 Å². The number of amides is 1. The van der Waals surface area contributed by atoms with Gasteiger partial charge in [-0.25, -0.2) is 18.4 Å². The van der Waals surface area contributed by atoms with Crippen molar-refractivity contribution in [1.29, 1.82) is 0 Å². The second kappa shape index (κ2) is 13.5. The number of rotatable bonds is 10. The van der Waals surface area contributed by atoms with Crippen LogP contribution in [0.1, 0.15) is 29.5 Å². The summed E-state index contributed by atoms with van der Waals surface area (Å²) in [4.78, 5) is 39.6. The van der Waals surface area contributed by atoms with E-state index in [9.17, 15) is 44.3 Å². The number of benzene rings is 2. The van der Waals surface area contributed by atoms with Crippen molar-refractivity contribution in [3.8, 4) is 11.5 Å². The predicted molar refractivity (Wildman–Crippen MR) is 158 cm³/mol. The average molecular weight is 719 g/mol. The molecule has 1 atom stereocenters. The third-order valence-electron chi connectivity index (χ3n) is 6.90. The Morgan fingerprint density at radius 3 is 2.12 bits per heavy atom. The molecule has 1 N–H and O–H groups in total. The number of nitrogens with zero attached hydrogens (tertiary/aromatic N) is 5. The Bertz CT molecular complexity index is 1900. The number of piperazine rings is 1. The number of fused-ring (bicyclic) bond motifs is 1. The molecule has 0 radical (unpaired) electrons. The van der Waals surface area contributed by atoms with E-state index in [1.54, 1.807) is 11.8 Å². The maximum atomic E-state index is 13.7. The number of hydrogen-bond acceptors (Lipinski definition) is 11. The summed E-state index contributed by atoms with van der Waals surface area (Å²) in [5.74, 6) is -2.19. The summed E-state index contributed by atoms with van der Waals surface area (Å²) in [6, 6.07) is 6.78. The highest BCUT2D eigenvalue weighted by molar-refractivity contribution is 7.89. The van der Waals surface area contributed by atoms with E-state index < -0.39 is 51.1 Å². The summed E-state index contributed by atoms with van der Waals surface area (Å²) in [5, 5.41) is 2.96. The Balaban J connectivity index is 1.40. The minimum Gasteiger partial charge on any atom is -0.406 e. The number of sulfonamides is 1. The highest BCUT2D eigenvalue weighted by Crippen LogP contribution is 2.32. The Hall–Kier alpha value is -4.56. The van der Waals surface area contributed by atoms with Crippen LogP contribution in [0, 0.1) is 0 Å². The van der Waals surface area contributed by atoms with Crippen LogP contribution >= 0.6 is 11.3 Å². The van der Waals surface area contributed by atoms with Crippen LogP contribution in [0.4, 0.5) is 31.5 Å². The molecule has 0 spiro atoms. The van der Waals surface area contributed by atoms with Gasteiger partial charge < -0.3 is 19.7 Å². The van der Waals surface area contributed by atoms with E-state index >= 15 is 0 Å². The van der Waals surface area contributed by atoms with Gasteiger partial charge in [-0.05, 0) is 42.0 Å². The third-order valence-corrected chi connectivity index (χ3v) is 9.86. The van der Waals surface area contributed by atoms with Crippen molar-refractivity contribution in [3.63, 3.8) is 0 Å². The first kappa shape index (κ1) is 34.8. The number of halogens is 6. The lowest BCUT2D eigenvalue weighted by molar-refractivity contribution is -0.275. The lowest BCUT2D eigenvalue weighted by atomic mass is 10.1. The molecule has 4 aromatic rings. The molecule has 0 unspecified atom stereocenters. The van der Waals surface area contributed by atoms with E-state index in [4.69, 9.17) is 0 Å². The van der Waals surface area contributed by atoms with E-state index in [0.717, 1.165) is 52.0 Å². The summed E-state index contributed by atoms with van der Waals surface area (Å²) < 4.78 is 112. The number of carbonyl (C=O) groups is 2. The molecule has 20 heteroatoms. The lowest BCUT2D eigenvalue weighted by Gasteiger charge is -2.39. The molecule has 1 saturated heterocycles. The molecule has 1 amide bonds. The van der Waals surface area contributed by atoms with Gasteiger partial charge in [-0.1, -0.05) is 30.4 Å². The second-order valence-corrected chi connectivity index (χ2v) is 13.1. The number of Topliss-reactive ketones (excluding diaryl/α,β-unsaturated/α-hetero) is 1. The van der Waals surface area contributed by atoms with Crippen LogP contribution in [0.2, 0.25) is 0 Å². The van der Waals surface area contributed by atoms with Gasteiger partial charge in [0.25, 0.3) is 0 Å². The van der Waals surface area contributed by atoms with Gasteiger partial charge in [0.2, 0.25) is 15.9 Å². The summed E-state index contributed by atoms with van der Waals surface area (Å²) >= 11 is 1.15. The van der Waals surface area contributed by atoms with E-state index in [1.807, 2.05) is 0 Å². The van der Waals surface area contributed by atoms with Crippen molar-refractivity contribution in [3.05, 3.63) is 66.1 Å². The van der Waals surface area contributed by atoms with Crippen LogP contribution in [0.5, 0.6) is 11.5 Å². The van der Waals surface area contributed by atoms with Crippen LogP contribution in [0.3, 0.4) is 0 Å². The molecule has 1 fully saturated rings. The minimum atomic E-state index is -5.00. The Morgan fingerprint density at radius 2 is 1.54 bits per heavy atom. The SMILES string of the molecule is CCC(=O)c1ncc2sc(N3CCN(S(=O)(=O)c4ccc(OC(F)(F)F)cc4)[C@@H](C(=O)NCc4ccc(OC(F)(F)F)cc4)C3)nc2n1. The lowest BCUT2D eigenvalue weighted by Crippen LogP contribution is -2.60. The molecule has 1 aliphatic heterocycles. The first-order valence-corrected chi connectivity index (χ1v) is 16.2. The third kappa shape index (κ3) is 8.29. The molecular formula is C28H24F6N6O6S2. The number of alkyl halides is 6. The zero-order valence-electron chi connectivity index (χ0n) is 24.6. The standard InChI is InChI=1S/C28H24F6N6O6S2/c1-2-21(41)23-35-14-22-24(37-23)38-26(47-22)39-11-12-40(48(43,44)19-9-7-18(8-10-19)46-28(32,33)34)20(15-39)25(42)36-13-16-3-5-17(6-4-16)45-27(29,30)31/h3-10,14,20H,2,11-13,15H2,1H3,(H,36,42)/t20-/m1/s1. The summed E-state index contributed by atoms with van der Waals surface area (Å²) in [5.41, 5.74) is 0.611. The molecule has 12 nitrogen and oxygen atoms in total. The van der Waals surface area contributed by atoms with Crippen molar-refractivity contribution < 1.29 is 53.8 Å². The Kier molecular flexibility index (Phi) is 9.79. The summed E-state index contributed by atoms with van der Waals surface area (Å²) in [6.07, 6.45) is -8.27. The molecule has 0 saturated carbocycles. The van der Waals surface area contributed by atoms with Gasteiger partial charge in [0.15, 0.2) is 22.4 Å². The fraction of sp³-hybridized carbons (Fsp3) is 0.321. The number of ether oxygens (including phenoxy) is 2. The number of ketones is 1. The number of hydrogen-bond donors (Lipinski definition) is 1. The first-order valence-electron chi connectivity index (χ1n) is 13.9. The van der Waals surface area contributed by atoms with Crippen LogP contribution in [-0.2, 0) is 21.4 Å². The molecule has 2 aromatic carbocycles. The van der Waals surface area contributed by atoms with Crippen molar-refractivity contribution in [2.45, 2.75) is 43.6 Å². The fourth-order valence-corrected chi connectivity index (χ4v) is 7.14. The number of carbonyl (C=O) groups excluding carboxylic acids is 2. The number of thiazole rings is 1. The zero-order valence-corrected chi connectivity index (χ0v) is 26.2. The summed E-state index contributed by atoms with van der Waals surface area (Å²) in [7, 11) is -4.46. The smallest absolute Gasteiger partial charge is 0.406 e. The Labute approximate surface area is 272 Å². The van der Waals surface area contributed by atoms with Crippen LogP contribution in [0.25, 0.3) is 10.3 Å². The highest BCUT2D eigenvalue weighted by atomic mass is 32.2. The van der Waals surface area contributed by atoms with Crippen molar-refractivity contribution >= 4 is 48.5 Å². The van der Waals surface area contributed by atoms with Crippen molar-refractivity contribution in [1.82, 2.24) is 24.6 Å². The predicted octanol–water partition coefficient (Wildman–Crippen LogP) is 4.67. The van der Waals surface area contributed by atoms with E-state index in [0.29, 0.717) is 15.4 Å². The molecule has 0 aliphatic carbocycles. The molecule has 3 heterocycles. The van der Waals surface area contributed by atoms with Gasteiger partial charge in [-0.3, -0.25) is 9.59 Å². The fourth-order valence-electron chi connectivity index (χ4n) is 4.66. The maximum absolute atomic E-state index is 13.7. The van der Waals surface area contributed by atoms with Crippen LogP contribution in [-0.4, -0.2) is 77.8 Å². The van der Waals surface area contributed by atoms with Gasteiger partial charge in [0.05, 0.1) is 15.8 Å². The van der Waals surface area contributed by atoms with Crippen molar-refractivity contribution in [2.24, 2.45) is 0 Å². The molecule has 256 valence electrons. The highest BCUT2D eigenvalue weighted by Gasteiger charge is 2.41. The number of nitrogens with one attached hydrogen (secondary N) is 1. The normalized spacial score (nSPS) is 16.1. The van der Waals surface area contributed by atoms with Gasteiger partial charge in [-0.2, -0.15) is 9.29 Å². The maximum Gasteiger partial charge on any atom is 0.573 e. The first-order chi connectivity index (χ1) is 22.5. The van der Waals surface area contributed by atoms with E-state index in [2.05, 4.69) is 29.7 Å². The topological polar surface area (TPSA) is 144 Å². The zero-order chi connectivity index (χ0) is 34.9. The largest absolute Gasteiger partial charge is 0.573 e. The minimum absolute atomic E-state index is 0.0142.